The summed E-state index contributed by atoms with van der Waals surface area (Å²) < 4.78 is 10.5. The van der Waals surface area contributed by atoms with Gasteiger partial charge in [0.2, 0.25) is 5.91 Å². The van der Waals surface area contributed by atoms with Gasteiger partial charge in [0, 0.05) is 6.42 Å². The van der Waals surface area contributed by atoms with E-state index in [-0.39, 0.29) is 18.0 Å². The van der Waals surface area contributed by atoms with Crippen molar-refractivity contribution in [2.45, 2.75) is 53.1 Å². The van der Waals surface area contributed by atoms with Crippen LogP contribution < -0.4 is 20.9 Å². The molecule has 0 aliphatic rings. The van der Waals surface area contributed by atoms with Crippen LogP contribution in [-0.4, -0.2) is 35.6 Å². The lowest BCUT2D eigenvalue weighted by Crippen LogP contribution is -2.51. The Morgan fingerprint density at radius 3 is 2.46 bits per heavy atom. The van der Waals surface area contributed by atoms with E-state index in [0.29, 0.717) is 12.4 Å². The molecular weight excluding hydrogens is 382 g/mol. The predicted molar refractivity (Wildman–Crippen MR) is 109 cm³/mol. The van der Waals surface area contributed by atoms with Crippen molar-refractivity contribution in [2.24, 2.45) is 0 Å². The fourth-order valence-corrected chi connectivity index (χ4v) is 2.15. The Morgan fingerprint density at radius 2 is 1.82 bits per heavy atom. The average Bonchev–Trinajstić information content (AvgIpc) is 2.65. The summed E-state index contributed by atoms with van der Waals surface area (Å²) in [4.78, 5) is 35.2. The monoisotopic (exact) mass is 409 g/mol. The van der Waals surface area contributed by atoms with Crippen LogP contribution in [0.2, 0.25) is 0 Å². The van der Waals surface area contributed by atoms with Crippen LogP contribution >= 0.6 is 12.2 Å². The molecule has 0 aliphatic heterocycles. The number of carbonyl (C=O) groups excluding carboxylic acids is 3. The summed E-state index contributed by atoms with van der Waals surface area (Å²) >= 11 is 4.93. The second-order valence-electron chi connectivity index (χ2n) is 6.22. The van der Waals surface area contributed by atoms with Crippen LogP contribution in [0, 0.1) is 13.8 Å². The minimum atomic E-state index is -0.776. The zero-order chi connectivity index (χ0) is 21.1. The number of nitrogens with one attached hydrogen (secondary N) is 3. The van der Waals surface area contributed by atoms with E-state index in [9.17, 15) is 14.4 Å². The van der Waals surface area contributed by atoms with Gasteiger partial charge in [0.1, 0.15) is 5.75 Å². The van der Waals surface area contributed by atoms with Crippen LogP contribution in [0.4, 0.5) is 0 Å². The number of benzene rings is 1. The summed E-state index contributed by atoms with van der Waals surface area (Å²) in [5.41, 5.74) is 6.98. The second-order valence-corrected chi connectivity index (χ2v) is 6.63. The van der Waals surface area contributed by atoms with Crippen LogP contribution in [0.25, 0.3) is 0 Å². The van der Waals surface area contributed by atoms with Gasteiger partial charge in [0.25, 0.3) is 5.91 Å². The van der Waals surface area contributed by atoms with Crippen LogP contribution in [-0.2, 0) is 19.1 Å². The van der Waals surface area contributed by atoms with Gasteiger partial charge in [-0.25, -0.2) is 0 Å². The van der Waals surface area contributed by atoms with Gasteiger partial charge in [0.05, 0.1) is 13.0 Å². The van der Waals surface area contributed by atoms with E-state index in [2.05, 4.69) is 16.2 Å². The lowest BCUT2D eigenvalue weighted by atomic mass is 10.1. The molecule has 8 nitrogen and oxygen atoms in total. The lowest BCUT2D eigenvalue weighted by molar-refractivity contribution is -0.144. The third-order valence-corrected chi connectivity index (χ3v) is 3.94. The van der Waals surface area contributed by atoms with E-state index in [0.717, 1.165) is 17.5 Å². The summed E-state index contributed by atoms with van der Waals surface area (Å²) in [6.45, 7) is 7.75. The molecule has 3 N–H and O–H groups in total. The number of amides is 2. The van der Waals surface area contributed by atoms with E-state index in [1.165, 1.54) is 0 Å². The molecule has 0 spiro atoms. The molecule has 1 atom stereocenters. The number of ether oxygens (including phenoxy) is 2. The zero-order valence-electron chi connectivity index (χ0n) is 16.6. The van der Waals surface area contributed by atoms with Crippen LogP contribution in [0.3, 0.4) is 0 Å². The number of hydrogen-bond donors (Lipinski definition) is 3. The first kappa shape index (κ1) is 23.4. The number of hydrogen-bond acceptors (Lipinski definition) is 6. The van der Waals surface area contributed by atoms with Crippen molar-refractivity contribution in [1.29, 1.82) is 0 Å². The second kappa shape index (κ2) is 11.9. The molecule has 0 fully saturated rings. The highest BCUT2D eigenvalue weighted by atomic mass is 32.1. The molecule has 0 aromatic heterocycles. The quantitative estimate of drug-likeness (QED) is 0.342. The summed E-state index contributed by atoms with van der Waals surface area (Å²) in [7, 11) is 0. The topological polar surface area (TPSA) is 106 Å². The molecule has 0 heterocycles. The number of thiocarbonyl (C=S) groups is 1. The Morgan fingerprint density at radius 1 is 1.11 bits per heavy atom. The highest BCUT2D eigenvalue weighted by Gasteiger charge is 2.16. The van der Waals surface area contributed by atoms with E-state index in [1.54, 1.807) is 13.0 Å². The smallest absolute Gasteiger partial charge is 0.306 e. The molecule has 1 unspecified atom stereocenters. The van der Waals surface area contributed by atoms with Crippen molar-refractivity contribution in [2.75, 3.05) is 6.61 Å². The Labute approximate surface area is 170 Å². The van der Waals surface area contributed by atoms with E-state index in [1.807, 2.05) is 32.9 Å². The van der Waals surface area contributed by atoms with Gasteiger partial charge in [-0.2, -0.15) is 0 Å². The fourth-order valence-electron chi connectivity index (χ4n) is 1.99. The molecule has 1 rings (SSSR count). The number of hydrazine groups is 1. The largest absolute Gasteiger partial charge is 0.481 e. The number of carbonyl (C=O) groups is 3. The fraction of sp³-hybridized carbons (Fsp3) is 0.474. The molecule has 0 aliphatic carbocycles. The van der Waals surface area contributed by atoms with E-state index in [4.69, 9.17) is 21.7 Å². The van der Waals surface area contributed by atoms with Crippen molar-refractivity contribution in [1.82, 2.24) is 16.2 Å². The summed E-state index contributed by atoms with van der Waals surface area (Å²) in [5, 5.41) is 2.28. The maximum Gasteiger partial charge on any atom is 0.306 e. The molecule has 1 aromatic carbocycles. The molecule has 154 valence electrons. The summed E-state index contributed by atoms with van der Waals surface area (Å²) in [5.74, 6) is -0.782. The molecule has 0 radical (unpaired) electrons. The number of aryl methyl sites for hydroxylation is 2. The lowest BCUT2D eigenvalue weighted by Gasteiger charge is -2.16. The minimum Gasteiger partial charge on any atom is -0.481 e. The van der Waals surface area contributed by atoms with Crippen molar-refractivity contribution >= 4 is 35.1 Å². The standard InChI is InChI=1S/C19H27N3O5S/c1-5-10-26-17(24)9-8-16(23)20-19(28)22-21-18(25)14(4)27-15-7-6-12(2)13(3)11-15/h6-7,11,14H,5,8-10H2,1-4H3,(H,21,25)(H2,20,22,23,28). The highest BCUT2D eigenvalue weighted by Crippen LogP contribution is 2.17. The van der Waals surface area contributed by atoms with Crippen molar-refractivity contribution < 1.29 is 23.9 Å². The van der Waals surface area contributed by atoms with Gasteiger partial charge in [-0.3, -0.25) is 25.2 Å². The Bertz CT molecular complexity index is 724. The Kier molecular flexibility index (Phi) is 9.94. The Balaban J connectivity index is 2.32. The van der Waals surface area contributed by atoms with Crippen LogP contribution in [0.15, 0.2) is 18.2 Å². The molecular formula is C19H27N3O5S. The molecule has 1 aromatic rings. The van der Waals surface area contributed by atoms with Crippen LogP contribution in [0.1, 0.15) is 44.2 Å². The summed E-state index contributed by atoms with van der Waals surface area (Å²) in [6.07, 6.45) is -0.162. The molecule has 2 amide bonds. The van der Waals surface area contributed by atoms with Gasteiger partial charge in [-0.05, 0) is 62.7 Å². The molecule has 0 saturated heterocycles. The first-order valence-electron chi connectivity index (χ1n) is 9.02. The maximum atomic E-state index is 12.1. The minimum absolute atomic E-state index is 0.0400. The third-order valence-electron chi connectivity index (χ3n) is 3.74. The first-order chi connectivity index (χ1) is 13.2. The highest BCUT2D eigenvalue weighted by molar-refractivity contribution is 7.80. The van der Waals surface area contributed by atoms with Crippen molar-refractivity contribution in [3.05, 3.63) is 29.3 Å². The molecule has 28 heavy (non-hydrogen) atoms. The SMILES string of the molecule is CCCOC(=O)CCC(=O)NC(=S)NNC(=O)C(C)Oc1ccc(C)c(C)c1. The van der Waals surface area contributed by atoms with E-state index >= 15 is 0 Å². The van der Waals surface area contributed by atoms with Crippen LogP contribution in [0.5, 0.6) is 5.75 Å². The van der Waals surface area contributed by atoms with Gasteiger partial charge < -0.3 is 14.8 Å². The third kappa shape index (κ3) is 8.81. The normalized spacial score (nSPS) is 11.1. The van der Waals surface area contributed by atoms with Gasteiger partial charge in [-0.1, -0.05) is 13.0 Å². The molecule has 0 bridgehead atoms. The van der Waals surface area contributed by atoms with Crippen molar-refractivity contribution in [3.63, 3.8) is 0 Å². The zero-order valence-corrected chi connectivity index (χ0v) is 17.4. The number of esters is 1. The first-order valence-corrected chi connectivity index (χ1v) is 9.43. The predicted octanol–water partition coefficient (Wildman–Crippen LogP) is 1.83. The van der Waals surface area contributed by atoms with Crippen molar-refractivity contribution in [3.8, 4) is 5.75 Å². The molecule has 9 heteroatoms. The maximum absolute atomic E-state index is 12.1. The number of rotatable bonds is 8. The van der Waals surface area contributed by atoms with Gasteiger partial charge >= 0.3 is 5.97 Å². The Hall–Kier alpha value is -2.68. The van der Waals surface area contributed by atoms with Gasteiger partial charge in [-0.15, -0.1) is 0 Å². The molecule has 0 saturated carbocycles. The summed E-state index contributed by atoms with van der Waals surface area (Å²) in [6, 6.07) is 5.55. The van der Waals surface area contributed by atoms with Gasteiger partial charge in [0.15, 0.2) is 11.2 Å². The van der Waals surface area contributed by atoms with E-state index < -0.39 is 23.9 Å². The average molecular weight is 410 g/mol.